The molecule has 0 atom stereocenters. The van der Waals surface area contributed by atoms with Crippen molar-refractivity contribution in [2.24, 2.45) is 0 Å². The van der Waals surface area contributed by atoms with Gasteiger partial charge in [-0.25, -0.2) is 0 Å². The number of aromatic amines is 1. The van der Waals surface area contributed by atoms with Gasteiger partial charge in [-0.05, 0) is 63.3 Å². The molecule has 1 aliphatic carbocycles. The number of nitrogens with zero attached hydrogens (tertiary/aromatic N) is 1. The molecule has 2 N–H and O–H groups in total. The zero-order chi connectivity index (χ0) is 14.2. The van der Waals surface area contributed by atoms with Crippen LogP contribution in [0.25, 0.3) is 6.08 Å². The van der Waals surface area contributed by atoms with Crippen LogP contribution in [-0.2, 0) is 12.8 Å². The van der Waals surface area contributed by atoms with Crippen LogP contribution in [0.5, 0.6) is 0 Å². The van der Waals surface area contributed by atoms with Crippen LogP contribution >= 0.6 is 0 Å². The quantitative estimate of drug-likeness (QED) is 0.875. The largest absolute Gasteiger partial charge is 0.384 e. The Kier molecular flexibility index (Phi) is 3.34. The number of pyridine rings is 1. The van der Waals surface area contributed by atoms with E-state index < -0.39 is 0 Å². The van der Waals surface area contributed by atoms with E-state index in [0.717, 1.165) is 55.7 Å². The third-order valence-electron chi connectivity index (χ3n) is 5.03. The number of nitrogens with one attached hydrogen (secondary N) is 2. The molecule has 0 saturated carbocycles. The zero-order valence-electron chi connectivity index (χ0n) is 12.5. The van der Waals surface area contributed by atoms with Gasteiger partial charge in [0.25, 0.3) is 5.56 Å². The maximum absolute atomic E-state index is 12.3. The molecule has 0 aromatic carbocycles. The number of aromatic nitrogens is 1. The lowest BCUT2D eigenvalue weighted by atomic mass is 9.90. The highest BCUT2D eigenvalue weighted by Gasteiger charge is 2.23. The molecule has 0 amide bonds. The average molecular weight is 285 g/mol. The Morgan fingerprint density at radius 3 is 2.76 bits per heavy atom. The maximum Gasteiger partial charge on any atom is 0.253 e. The predicted molar refractivity (Wildman–Crippen MR) is 85.8 cm³/mol. The van der Waals surface area contributed by atoms with Gasteiger partial charge in [-0.2, -0.15) is 0 Å². The van der Waals surface area contributed by atoms with E-state index in [0.29, 0.717) is 0 Å². The molecule has 1 aromatic rings. The Balaban J connectivity index is 1.67. The molecule has 112 valence electrons. The van der Waals surface area contributed by atoms with Crippen LogP contribution in [0.1, 0.15) is 42.5 Å². The topological polar surface area (TPSA) is 48.1 Å². The summed E-state index contributed by atoms with van der Waals surface area (Å²) in [4.78, 5) is 17.9. The summed E-state index contributed by atoms with van der Waals surface area (Å²) in [7, 11) is 0. The van der Waals surface area contributed by atoms with Gasteiger partial charge in [0.2, 0.25) is 0 Å². The van der Waals surface area contributed by atoms with Gasteiger partial charge in [0.15, 0.2) is 0 Å². The molecule has 1 saturated heterocycles. The van der Waals surface area contributed by atoms with Crippen molar-refractivity contribution >= 4 is 11.8 Å². The van der Waals surface area contributed by atoms with Crippen molar-refractivity contribution in [2.45, 2.75) is 38.5 Å². The second-order valence-corrected chi connectivity index (χ2v) is 6.52. The zero-order valence-corrected chi connectivity index (χ0v) is 12.5. The van der Waals surface area contributed by atoms with Gasteiger partial charge in [0, 0.05) is 30.0 Å². The first-order valence-electron chi connectivity index (χ1n) is 8.25. The lowest BCUT2D eigenvalue weighted by Crippen LogP contribution is -2.27. The van der Waals surface area contributed by atoms with Gasteiger partial charge in [0.05, 0.1) is 0 Å². The predicted octanol–water partition coefficient (Wildman–Crippen LogP) is 2.16. The molecule has 1 aromatic heterocycles. The van der Waals surface area contributed by atoms with E-state index >= 15 is 0 Å². The molecule has 4 rings (SSSR count). The molecule has 0 unspecified atom stereocenters. The molecule has 0 spiro atoms. The molecule has 2 aliphatic heterocycles. The molecular weight excluding hydrogens is 262 g/mol. The molecule has 4 heteroatoms. The van der Waals surface area contributed by atoms with Crippen LogP contribution in [0, 0.1) is 0 Å². The number of anilines is 1. The molecule has 3 aliphatic rings. The summed E-state index contributed by atoms with van der Waals surface area (Å²) in [5.74, 6) is 0. The number of hydrogen-bond acceptors (Lipinski definition) is 3. The van der Waals surface area contributed by atoms with E-state index in [1.54, 1.807) is 0 Å². The smallest absolute Gasteiger partial charge is 0.253 e. The van der Waals surface area contributed by atoms with Crippen molar-refractivity contribution < 1.29 is 0 Å². The van der Waals surface area contributed by atoms with Crippen molar-refractivity contribution in [2.75, 3.05) is 31.5 Å². The van der Waals surface area contributed by atoms with Crippen molar-refractivity contribution in [3.63, 3.8) is 0 Å². The first-order chi connectivity index (χ1) is 10.3. The lowest BCUT2D eigenvalue weighted by Gasteiger charge is -2.26. The Labute approximate surface area is 125 Å². The van der Waals surface area contributed by atoms with E-state index in [-0.39, 0.29) is 5.56 Å². The number of hydrogen-bond donors (Lipinski definition) is 2. The first kappa shape index (κ1) is 13.1. The number of H-pyrrole nitrogens is 1. The van der Waals surface area contributed by atoms with Crippen molar-refractivity contribution in [3.8, 4) is 0 Å². The molecule has 4 nitrogen and oxygen atoms in total. The van der Waals surface area contributed by atoms with Crippen LogP contribution in [0.2, 0.25) is 0 Å². The van der Waals surface area contributed by atoms with Crippen molar-refractivity contribution in [1.29, 1.82) is 0 Å². The minimum Gasteiger partial charge on any atom is -0.384 e. The van der Waals surface area contributed by atoms with Crippen LogP contribution in [0.3, 0.4) is 0 Å². The van der Waals surface area contributed by atoms with Gasteiger partial charge in [-0.3, -0.25) is 9.69 Å². The highest BCUT2D eigenvalue weighted by Crippen LogP contribution is 2.32. The van der Waals surface area contributed by atoms with Crippen LogP contribution in [0.15, 0.2) is 10.4 Å². The standard InChI is InChI=1S/C17H23N3O/c21-17-14-4-3-7-18-16(14)13-6-5-12(10-15(13)19-17)11-20-8-1-2-9-20/h10,18H,1-9,11H2,(H,19,21). The number of fused-ring (bicyclic) bond motifs is 3. The number of likely N-dealkylation sites (tertiary alicyclic amines) is 1. The Morgan fingerprint density at radius 2 is 1.90 bits per heavy atom. The SMILES string of the molecule is O=c1[nH]c2c(c3c1CCCN3)CCC(CN1CCCC1)=C2. The highest BCUT2D eigenvalue weighted by molar-refractivity contribution is 5.68. The van der Waals surface area contributed by atoms with Crippen LogP contribution in [-0.4, -0.2) is 36.1 Å². The van der Waals surface area contributed by atoms with E-state index in [2.05, 4.69) is 21.3 Å². The third kappa shape index (κ3) is 2.42. The van der Waals surface area contributed by atoms with Crippen molar-refractivity contribution in [1.82, 2.24) is 9.88 Å². The number of rotatable bonds is 2. The maximum atomic E-state index is 12.3. The molecular formula is C17H23N3O. The van der Waals surface area contributed by atoms with Gasteiger partial charge in [-0.1, -0.05) is 5.57 Å². The van der Waals surface area contributed by atoms with Crippen LogP contribution in [0.4, 0.5) is 5.69 Å². The minimum atomic E-state index is 0.106. The van der Waals surface area contributed by atoms with Gasteiger partial charge in [0.1, 0.15) is 0 Å². The molecule has 0 bridgehead atoms. The molecule has 1 fully saturated rings. The third-order valence-corrected chi connectivity index (χ3v) is 5.03. The summed E-state index contributed by atoms with van der Waals surface area (Å²) >= 11 is 0. The molecule has 21 heavy (non-hydrogen) atoms. The second-order valence-electron chi connectivity index (χ2n) is 6.52. The first-order valence-corrected chi connectivity index (χ1v) is 8.25. The van der Waals surface area contributed by atoms with Gasteiger partial charge in [-0.15, -0.1) is 0 Å². The van der Waals surface area contributed by atoms with Crippen LogP contribution < -0.4 is 10.9 Å². The summed E-state index contributed by atoms with van der Waals surface area (Å²) in [6.07, 6.45) is 9.05. The fraction of sp³-hybridized carbons (Fsp3) is 0.588. The van der Waals surface area contributed by atoms with E-state index in [4.69, 9.17) is 0 Å². The summed E-state index contributed by atoms with van der Waals surface area (Å²) in [5.41, 5.74) is 6.06. The summed E-state index contributed by atoms with van der Waals surface area (Å²) < 4.78 is 0. The normalized spacial score (nSPS) is 21.4. The minimum absolute atomic E-state index is 0.106. The van der Waals surface area contributed by atoms with E-state index in [1.165, 1.54) is 37.1 Å². The van der Waals surface area contributed by atoms with E-state index in [1.807, 2.05) is 0 Å². The van der Waals surface area contributed by atoms with Crippen molar-refractivity contribution in [3.05, 3.63) is 32.7 Å². The summed E-state index contributed by atoms with van der Waals surface area (Å²) in [6.45, 7) is 4.53. The molecule has 3 heterocycles. The van der Waals surface area contributed by atoms with Gasteiger partial charge < -0.3 is 10.3 Å². The fourth-order valence-electron chi connectivity index (χ4n) is 3.93. The molecule has 0 radical (unpaired) electrons. The Bertz CT molecular complexity index is 638. The Morgan fingerprint density at radius 1 is 1.05 bits per heavy atom. The summed E-state index contributed by atoms with van der Waals surface area (Å²) in [5, 5.41) is 3.46. The average Bonchev–Trinajstić information content (AvgIpc) is 3.00. The lowest BCUT2D eigenvalue weighted by molar-refractivity contribution is 0.365. The highest BCUT2D eigenvalue weighted by atomic mass is 16.1. The monoisotopic (exact) mass is 285 g/mol. The summed E-state index contributed by atoms with van der Waals surface area (Å²) in [6, 6.07) is 0. The van der Waals surface area contributed by atoms with E-state index in [9.17, 15) is 4.79 Å². The Hall–Kier alpha value is -1.55. The van der Waals surface area contributed by atoms with Gasteiger partial charge >= 0.3 is 0 Å². The second kappa shape index (κ2) is 5.34. The fourth-order valence-corrected chi connectivity index (χ4v) is 3.93.